The first kappa shape index (κ1) is 19.3. The number of Topliss-reactive ketones (excluding diaryl/α,β-unsaturated/α-hetero) is 1. The van der Waals surface area contributed by atoms with Crippen molar-refractivity contribution in [2.24, 2.45) is 0 Å². The summed E-state index contributed by atoms with van der Waals surface area (Å²) in [4.78, 5) is 20.9. The molecule has 1 saturated heterocycles. The Morgan fingerprint density at radius 3 is 2.89 bits per heavy atom. The van der Waals surface area contributed by atoms with E-state index in [1.807, 2.05) is 24.3 Å². The molecule has 0 atom stereocenters. The summed E-state index contributed by atoms with van der Waals surface area (Å²) in [6.45, 7) is 4.09. The molecule has 0 spiro atoms. The molecular formula is C21H22ClN3O2S. The van der Waals surface area contributed by atoms with Crippen LogP contribution in [0.5, 0.6) is 0 Å². The van der Waals surface area contributed by atoms with Crippen molar-refractivity contribution in [3.63, 3.8) is 0 Å². The number of nitrogens with zero attached hydrogens (tertiary/aromatic N) is 2. The number of rotatable bonds is 6. The van der Waals surface area contributed by atoms with Crippen LogP contribution in [0, 0.1) is 0 Å². The lowest BCUT2D eigenvalue weighted by Gasteiger charge is -2.26. The van der Waals surface area contributed by atoms with Crippen LogP contribution in [0.2, 0.25) is 5.02 Å². The fourth-order valence-electron chi connectivity index (χ4n) is 3.40. The Kier molecular flexibility index (Phi) is 5.92. The minimum atomic E-state index is 0.134. The number of aromatic nitrogens is 1. The quantitative estimate of drug-likeness (QED) is 0.611. The van der Waals surface area contributed by atoms with E-state index in [9.17, 15) is 4.79 Å². The van der Waals surface area contributed by atoms with Gasteiger partial charge in [-0.1, -0.05) is 29.8 Å². The summed E-state index contributed by atoms with van der Waals surface area (Å²) in [5.41, 5.74) is 7.01. The number of pyridine rings is 1. The number of carbonyl (C=O) groups excluding carboxylic acids is 1. The number of ether oxygens (including phenoxy) is 1. The van der Waals surface area contributed by atoms with E-state index < -0.39 is 0 Å². The third-order valence-corrected chi connectivity index (χ3v) is 6.61. The summed E-state index contributed by atoms with van der Waals surface area (Å²) in [6.07, 6.45) is 2.85. The lowest BCUT2D eigenvalue weighted by Crippen LogP contribution is -2.35. The summed E-state index contributed by atoms with van der Waals surface area (Å²) >= 11 is 7.90. The van der Waals surface area contributed by atoms with E-state index in [4.69, 9.17) is 22.1 Å². The summed E-state index contributed by atoms with van der Waals surface area (Å²) in [7, 11) is 0. The van der Waals surface area contributed by atoms with Gasteiger partial charge in [-0.25, -0.2) is 4.98 Å². The van der Waals surface area contributed by atoms with Gasteiger partial charge in [-0.15, -0.1) is 11.3 Å². The van der Waals surface area contributed by atoms with Crippen molar-refractivity contribution in [3.05, 3.63) is 56.9 Å². The van der Waals surface area contributed by atoms with E-state index in [2.05, 4.69) is 16.0 Å². The summed E-state index contributed by atoms with van der Waals surface area (Å²) in [6, 6.07) is 9.82. The molecule has 3 heterocycles. The van der Waals surface area contributed by atoms with Crippen molar-refractivity contribution in [3.8, 4) is 0 Å². The number of aryl methyl sites for hydroxylation is 1. The van der Waals surface area contributed by atoms with E-state index in [1.54, 1.807) is 6.20 Å². The second kappa shape index (κ2) is 8.57. The Bertz CT molecular complexity index is 998. The highest BCUT2D eigenvalue weighted by molar-refractivity contribution is 7.14. The number of carbonyl (C=O) groups is 1. The Hall–Kier alpha value is -1.99. The molecule has 0 bridgehead atoms. The minimum Gasteiger partial charge on any atom is -0.383 e. The topological polar surface area (TPSA) is 68.5 Å². The van der Waals surface area contributed by atoms with Crippen molar-refractivity contribution in [2.45, 2.75) is 19.4 Å². The number of nitrogen functional groups attached to an aromatic ring is 1. The second-order valence-corrected chi connectivity index (χ2v) is 8.49. The van der Waals surface area contributed by atoms with Gasteiger partial charge in [0, 0.05) is 42.5 Å². The molecule has 146 valence electrons. The fourth-order valence-corrected chi connectivity index (χ4v) is 4.81. The average molecular weight is 416 g/mol. The van der Waals surface area contributed by atoms with Gasteiger partial charge in [-0.2, -0.15) is 0 Å². The Balaban J connectivity index is 1.40. The molecule has 1 fully saturated rings. The Morgan fingerprint density at radius 2 is 2.07 bits per heavy atom. The van der Waals surface area contributed by atoms with Gasteiger partial charge in [0.1, 0.15) is 5.82 Å². The molecule has 0 amide bonds. The fraction of sp³-hybridized carbons (Fsp3) is 0.333. The number of morpholine rings is 1. The molecule has 2 aromatic heterocycles. The van der Waals surface area contributed by atoms with Crippen molar-refractivity contribution < 1.29 is 9.53 Å². The molecule has 3 aromatic rings. The lowest BCUT2D eigenvalue weighted by atomic mass is 10.0. The summed E-state index contributed by atoms with van der Waals surface area (Å²) in [5.74, 6) is 0.663. The van der Waals surface area contributed by atoms with Crippen LogP contribution in [0.3, 0.4) is 0 Å². The Morgan fingerprint density at radius 1 is 1.25 bits per heavy atom. The van der Waals surface area contributed by atoms with Gasteiger partial charge in [0.2, 0.25) is 0 Å². The predicted molar refractivity (Wildman–Crippen MR) is 114 cm³/mol. The molecule has 0 unspecified atom stereocenters. The first-order chi connectivity index (χ1) is 13.6. The summed E-state index contributed by atoms with van der Waals surface area (Å²) in [5, 5.41) is 2.67. The molecular weight excluding hydrogens is 394 g/mol. The van der Waals surface area contributed by atoms with Gasteiger partial charge >= 0.3 is 0 Å². The normalized spacial score (nSPS) is 15.2. The van der Waals surface area contributed by atoms with Crippen LogP contribution in [0.4, 0.5) is 5.82 Å². The van der Waals surface area contributed by atoms with Crippen LogP contribution in [0.25, 0.3) is 10.8 Å². The number of thiophene rings is 1. The van der Waals surface area contributed by atoms with Gasteiger partial charge in [0.25, 0.3) is 0 Å². The molecule has 4 rings (SSSR count). The monoisotopic (exact) mass is 415 g/mol. The molecule has 1 aliphatic heterocycles. The number of benzene rings is 1. The lowest BCUT2D eigenvalue weighted by molar-refractivity contribution is 0.0346. The van der Waals surface area contributed by atoms with Crippen molar-refractivity contribution in [1.82, 2.24) is 9.88 Å². The smallest absolute Gasteiger partial charge is 0.173 e. The highest BCUT2D eigenvalue weighted by atomic mass is 35.5. The number of anilines is 1. The van der Waals surface area contributed by atoms with Gasteiger partial charge in [-0.05, 0) is 29.5 Å². The number of fused-ring (bicyclic) bond motifs is 1. The second-order valence-electron chi connectivity index (χ2n) is 6.95. The molecule has 1 aliphatic rings. The molecule has 28 heavy (non-hydrogen) atoms. The van der Waals surface area contributed by atoms with Crippen LogP contribution in [0.15, 0.2) is 36.5 Å². The number of nitrogens with two attached hydrogens (primary N) is 1. The van der Waals surface area contributed by atoms with Gasteiger partial charge < -0.3 is 10.5 Å². The standard InChI is InChI=1S/C21H22ClN3O2S/c22-17-12-19(28-20(17)13-25-7-9-27-10-8-25)18(26)4-2-14-1-3-16-15(11-14)5-6-24-21(16)23/h1,3,5-6,11-12H,2,4,7-10,13H2,(H2,23,24). The Labute approximate surface area is 173 Å². The van der Waals surface area contributed by atoms with Gasteiger partial charge in [0.05, 0.1) is 23.1 Å². The zero-order valence-corrected chi connectivity index (χ0v) is 17.1. The van der Waals surface area contributed by atoms with E-state index in [0.29, 0.717) is 23.7 Å². The molecule has 2 N–H and O–H groups in total. The van der Waals surface area contributed by atoms with Crippen LogP contribution in [0.1, 0.15) is 26.5 Å². The number of hydrogen-bond acceptors (Lipinski definition) is 6. The van der Waals surface area contributed by atoms with E-state index in [1.165, 1.54) is 11.3 Å². The maximum atomic E-state index is 12.7. The SMILES string of the molecule is Nc1nccc2cc(CCC(=O)c3cc(Cl)c(CN4CCOCC4)s3)ccc12. The molecule has 7 heteroatoms. The van der Waals surface area contributed by atoms with Gasteiger partial charge in [-0.3, -0.25) is 9.69 Å². The van der Waals surface area contributed by atoms with Crippen molar-refractivity contribution in [1.29, 1.82) is 0 Å². The van der Waals surface area contributed by atoms with Crippen LogP contribution in [-0.2, 0) is 17.7 Å². The van der Waals surface area contributed by atoms with E-state index >= 15 is 0 Å². The van der Waals surface area contributed by atoms with Crippen LogP contribution in [-0.4, -0.2) is 42.0 Å². The van der Waals surface area contributed by atoms with Crippen LogP contribution < -0.4 is 5.73 Å². The number of halogens is 1. The number of hydrogen-bond donors (Lipinski definition) is 1. The third-order valence-electron chi connectivity index (χ3n) is 5.00. The molecule has 1 aromatic carbocycles. The van der Waals surface area contributed by atoms with Crippen molar-refractivity contribution >= 4 is 45.3 Å². The highest BCUT2D eigenvalue weighted by Gasteiger charge is 2.17. The minimum absolute atomic E-state index is 0.134. The average Bonchev–Trinajstić information content (AvgIpc) is 3.07. The summed E-state index contributed by atoms with van der Waals surface area (Å²) < 4.78 is 5.38. The third kappa shape index (κ3) is 4.36. The predicted octanol–water partition coefficient (Wildman–Crippen LogP) is 4.18. The molecule has 0 aliphatic carbocycles. The maximum Gasteiger partial charge on any atom is 0.173 e. The zero-order chi connectivity index (χ0) is 19.5. The van der Waals surface area contributed by atoms with Gasteiger partial charge in [0.15, 0.2) is 5.78 Å². The van der Waals surface area contributed by atoms with E-state index in [0.717, 1.165) is 58.9 Å². The first-order valence-corrected chi connectivity index (χ1v) is 10.5. The zero-order valence-electron chi connectivity index (χ0n) is 15.5. The molecule has 0 radical (unpaired) electrons. The van der Waals surface area contributed by atoms with Crippen LogP contribution >= 0.6 is 22.9 Å². The first-order valence-electron chi connectivity index (χ1n) is 9.35. The molecule has 5 nitrogen and oxygen atoms in total. The largest absolute Gasteiger partial charge is 0.383 e. The highest BCUT2D eigenvalue weighted by Crippen LogP contribution is 2.30. The van der Waals surface area contributed by atoms with Crippen molar-refractivity contribution in [2.75, 3.05) is 32.0 Å². The molecule has 0 saturated carbocycles. The maximum absolute atomic E-state index is 12.7. The number of ketones is 1. The van der Waals surface area contributed by atoms with E-state index in [-0.39, 0.29) is 5.78 Å².